The molecule has 2 aromatic heterocycles. The monoisotopic (exact) mass is 305 g/mol. The zero-order valence-corrected chi connectivity index (χ0v) is 12.3. The zero-order chi connectivity index (χ0) is 13.9. The number of aromatic nitrogens is 4. The minimum absolute atomic E-state index is 0.747. The van der Waals surface area contributed by atoms with Crippen LogP contribution in [-0.2, 0) is 6.54 Å². The van der Waals surface area contributed by atoms with Gasteiger partial charge in [-0.3, -0.25) is 0 Å². The first kappa shape index (κ1) is 13.1. The number of hydrogen-bond acceptors (Lipinski definition) is 5. The van der Waals surface area contributed by atoms with Gasteiger partial charge in [-0.25, -0.2) is 4.68 Å². The van der Waals surface area contributed by atoms with Crippen molar-refractivity contribution in [3.8, 4) is 5.69 Å². The van der Waals surface area contributed by atoms with Gasteiger partial charge in [0.25, 0.3) is 0 Å². The fraction of sp³-hybridized carbons (Fsp3) is 0.154. The van der Waals surface area contributed by atoms with E-state index in [1.165, 1.54) is 10.4 Å². The molecule has 7 heteroatoms. The largest absolute Gasteiger partial charge is 0.380 e. The van der Waals surface area contributed by atoms with Gasteiger partial charge in [-0.05, 0) is 41.1 Å². The average molecular weight is 306 g/mol. The van der Waals surface area contributed by atoms with Crippen molar-refractivity contribution in [1.29, 1.82) is 0 Å². The lowest BCUT2D eigenvalue weighted by atomic mass is 10.2. The Labute approximate surface area is 125 Å². The third kappa shape index (κ3) is 2.81. The fourth-order valence-corrected chi connectivity index (χ4v) is 2.86. The lowest BCUT2D eigenvalue weighted by Crippen LogP contribution is -2.02. The predicted octanol–water partition coefficient (Wildman–Crippen LogP) is 3.30. The number of nitrogens with zero attached hydrogens (tertiary/aromatic N) is 4. The van der Waals surface area contributed by atoms with E-state index < -0.39 is 0 Å². The Kier molecular flexibility index (Phi) is 3.66. The van der Waals surface area contributed by atoms with Gasteiger partial charge in [0.1, 0.15) is 6.33 Å². The molecule has 1 N–H and O–H groups in total. The number of halogens is 1. The summed E-state index contributed by atoms with van der Waals surface area (Å²) >= 11 is 7.57. The first-order valence-electron chi connectivity index (χ1n) is 6.03. The van der Waals surface area contributed by atoms with E-state index >= 15 is 0 Å². The molecule has 0 bridgehead atoms. The molecule has 0 fully saturated rings. The van der Waals surface area contributed by atoms with Crippen molar-refractivity contribution in [3.63, 3.8) is 0 Å². The SMILES string of the molecule is Cc1ccc(-n2cnnn2)cc1NCc1cc(Cl)cs1. The molecule has 5 nitrogen and oxygen atoms in total. The van der Waals surface area contributed by atoms with Gasteiger partial charge in [-0.1, -0.05) is 17.7 Å². The second kappa shape index (κ2) is 5.60. The van der Waals surface area contributed by atoms with Crippen LogP contribution in [0.5, 0.6) is 0 Å². The Bertz CT molecular complexity index is 707. The van der Waals surface area contributed by atoms with E-state index in [-0.39, 0.29) is 0 Å². The summed E-state index contributed by atoms with van der Waals surface area (Å²) in [5, 5.41) is 17.3. The number of tetrazole rings is 1. The second-order valence-electron chi connectivity index (χ2n) is 4.34. The molecular formula is C13H12ClN5S. The van der Waals surface area contributed by atoms with Crippen LogP contribution in [0.1, 0.15) is 10.4 Å². The van der Waals surface area contributed by atoms with Crippen LogP contribution in [0.2, 0.25) is 5.02 Å². The summed E-state index contributed by atoms with van der Waals surface area (Å²) in [6, 6.07) is 8.03. The molecule has 20 heavy (non-hydrogen) atoms. The second-order valence-corrected chi connectivity index (χ2v) is 5.77. The number of anilines is 1. The summed E-state index contributed by atoms with van der Waals surface area (Å²) in [7, 11) is 0. The summed E-state index contributed by atoms with van der Waals surface area (Å²) in [5.74, 6) is 0. The summed E-state index contributed by atoms with van der Waals surface area (Å²) in [5.41, 5.74) is 3.15. The van der Waals surface area contributed by atoms with Gasteiger partial charge in [-0.2, -0.15) is 0 Å². The molecule has 0 spiro atoms. The number of rotatable bonds is 4. The Hall–Kier alpha value is -1.92. The molecule has 3 rings (SSSR count). The number of aryl methyl sites for hydroxylation is 1. The highest BCUT2D eigenvalue weighted by atomic mass is 35.5. The summed E-state index contributed by atoms with van der Waals surface area (Å²) in [6.07, 6.45) is 1.58. The fourth-order valence-electron chi connectivity index (χ4n) is 1.85. The maximum absolute atomic E-state index is 5.92. The highest BCUT2D eigenvalue weighted by molar-refractivity contribution is 7.10. The molecule has 0 amide bonds. The van der Waals surface area contributed by atoms with Crippen molar-refractivity contribution in [1.82, 2.24) is 20.2 Å². The first-order chi connectivity index (χ1) is 9.72. The molecule has 0 aliphatic rings. The molecule has 0 saturated carbocycles. The average Bonchev–Trinajstić information content (AvgIpc) is 3.09. The van der Waals surface area contributed by atoms with Crippen LogP contribution < -0.4 is 5.32 Å². The maximum Gasteiger partial charge on any atom is 0.143 e. The van der Waals surface area contributed by atoms with Crippen molar-refractivity contribution in [3.05, 3.63) is 51.4 Å². The normalized spacial score (nSPS) is 10.7. The molecule has 3 aromatic rings. The zero-order valence-electron chi connectivity index (χ0n) is 10.7. The molecule has 0 aliphatic heterocycles. The minimum Gasteiger partial charge on any atom is -0.380 e. The van der Waals surface area contributed by atoms with Gasteiger partial charge >= 0.3 is 0 Å². The molecule has 2 heterocycles. The Morgan fingerprint density at radius 3 is 2.95 bits per heavy atom. The van der Waals surface area contributed by atoms with Crippen LogP contribution in [0.25, 0.3) is 5.69 Å². The number of thiophene rings is 1. The topological polar surface area (TPSA) is 55.6 Å². The number of hydrogen-bond donors (Lipinski definition) is 1. The molecular weight excluding hydrogens is 294 g/mol. The Morgan fingerprint density at radius 2 is 2.25 bits per heavy atom. The van der Waals surface area contributed by atoms with E-state index in [9.17, 15) is 0 Å². The summed E-state index contributed by atoms with van der Waals surface area (Å²) in [6.45, 7) is 2.81. The molecule has 0 unspecified atom stereocenters. The molecule has 102 valence electrons. The van der Waals surface area contributed by atoms with E-state index in [1.807, 2.05) is 29.6 Å². The molecule has 0 aliphatic carbocycles. The van der Waals surface area contributed by atoms with Gasteiger partial charge in [0.15, 0.2) is 0 Å². The van der Waals surface area contributed by atoms with Gasteiger partial charge in [0.05, 0.1) is 10.7 Å². The molecule has 0 radical (unpaired) electrons. The van der Waals surface area contributed by atoms with Crippen molar-refractivity contribution in [2.45, 2.75) is 13.5 Å². The Morgan fingerprint density at radius 1 is 1.35 bits per heavy atom. The summed E-state index contributed by atoms with van der Waals surface area (Å²) in [4.78, 5) is 1.20. The smallest absolute Gasteiger partial charge is 0.143 e. The third-order valence-electron chi connectivity index (χ3n) is 2.91. The van der Waals surface area contributed by atoms with Crippen molar-refractivity contribution >= 4 is 28.6 Å². The van der Waals surface area contributed by atoms with E-state index in [4.69, 9.17) is 11.6 Å². The van der Waals surface area contributed by atoms with Crippen molar-refractivity contribution in [2.24, 2.45) is 0 Å². The highest BCUT2D eigenvalue weighted by Crippen LogP contribution is 2.23. The van der Waals surface area contributed by atoms with Crippen LogP contribution in [0, 0.1) is 6.92 Å². The minimum atomic E-state index is 0.747. The summed E-state index contributed by atoms with van der Waals surface area (Å²) < 4.78 is 1.63. The van der Waals surface area contributed by atoms with Crippen LogP contribution >= 0.6 is 22.9 Å². The standard InChI is InChI=1S/C13H12ClN5S/c1-9-2-3-11(19-8-16-17-18-19)5-13(9)15-6-12-4-10(14)7-20-12/h2-5,7-8,15H,6H2,1H3. The predicted molar refractivity (Wildman–Crippen MR) is 80.5 cm³/mol. The van der Waals surface area contributed by atoms with Crippen LogP contribution in [0.3, 0.4) is 0 Å². The van der Waals surface area contributed by atoms with Gasteiger partial charge in [-0.15, -0.1) is 16.4 Å². The third-order valence-corrected chi connectivity index (χ3v) is 4.19. The van der Waals surface area contributed by atoms with Crippen molar-refractivity contribution in [2.75, 3.05) is 5.32 Å². The Balaban J connectivity index is 1.80. The molecule has 0 saturated heterocycles. The van der Waals surface area contributed by atoms with Gasteiger partial charge in [0, 0.05) is 22.5 Å². The first-order valence-corrected chi connectivity index (χ1v) is 7.29. The maximum atomic E-state index is 5.92. The van der Waals surface area contributed by atoms with Gasteiger partial charge < -0.3 is 5.32 Å². The van der Waals surface area contributed by atoms with E-state index in [2.05, 4.69) is 27.8 Å². The molecule has 1 aromatic carbocycles. The van der Waals surface area contributed by atoms with E-state index in [1.54, 1.807) is 22.3 Å². The lowest BCUT2D eigenvalue weighted by molar-refractivity contribution is 0.789. The number of benzene rings is 1. The van der Waals surface area contributed by atoms with Gasteiger partial charge in [0.2, 0.25) is 0 Å². The number of nitrogens with one attached hydrogen (secondary N) is 1. The van der Waals surface area contributed by atoms with Crippen LogP contribution in [0.4, 0.5) is 5.69 Å². The quantitative estimate of drug-likeness (QED) is 0.803. The van der Waals surface area contributed by atoms with Crippen molar-refractivity contribution < 1.29 is 0 Å². The van der Waals surface area contributed by atoms with E-state index in [0.29, 0.717) is 0 Å². The highest BCUT2D eigenvalue weighted by Gasteiger charge is 2.04. The van der Waals surface area contributed by atoms with Crippen LogP contribution in [-0.4, -0.2) is 20.2 Å². The molecule has 0 atom stereocenters. The van der Waals surface area contributed by atoms with E-state index in [0.717, 1.165) is 22.9 Å². The lowest BCUT2D eigenvalue weighted by Gasteiger charge is -2.10. The van der Waals surface area contributed by atoms with Crippen LogP contribution in [0.15, 0.2) is 36.0 Å².